The van der Waals surface area contributed by atoms with Crippen LogP contribution in [0.5, 0.6) is 0 Å². The Morgan fingerprint density at radius 1 is 0.885 bits per heavy atom. The van der Waals surface area contributed by atoms with Gasteiger partial charge in [-0.1, -0.05) is 42.5 Å². The number of nitrogens with one attached hydrogen (secondary N) is 1. The van der Waals surface area contributed by atoms with Crippen LogP contribution in [0.3, 0.4) is 0 Å². The van der Waals surface area contributed by atoms with Gasteiger partial charge in [-0.05, 0) is 23.3 Å². The predicted molar refractivity (Wildman–Crippen MR) is 87.2 cm³/mol. The quantitative estimate of drug-likeness (QED) is 0.411. The van der Waals surface area contributed by atoms with Gasteiger partial charge in [0.05, 0.1) is 5.97 Å². The van der Waals surface area contributed by atoms with Gasteiger partial charge in [-0.15, -0.1) is 0 Å². The topological polar surface area (TPSA) is 122 Å². The number of carbonyl (C=O) groups excluding carboxylic acids is 1. The van der Waals surface area contributed by atoms with Gasteiger partial charge < -0.3 is 35.3 Å². The van der Waals surface area contributed by atoms with Crippen LogP contribution in [0.15, 0.2) is 54.6 Å². The molecule has 7 nitrogen and oxygen atoms in total. The van der Waals surface area contributed by atoms with Gasteiger partial charge in [-0.2, -0.15) is 0 Å². The molecule has 1 aliphatic rings. The van der Waals surface area contributed by atoms with Gasteiger partial charge in [0.1, 0.15) is 24.4 Å². The molecule has 0 saturated carbocycles. The van der Waals surface area contributed by atoms with E-state index >= 15 is 0 Å². The molecular weight excluding hydrogens is 349 g/mol. The average Bonchev–Trinajstić information content (AvgIpc) is 2.63. The summed E-state index contributed by atoms with van der Waals surface area (Å²) in [6.45, 7) is 0. The van der Waals surface area contributed by atoms with E-state index in [1.54, 1.807) is 12.1 Å². The Hall–Kier alpha value is -1.45. The second kappa shape index (κ2) is 8.96. The van der Waals surface area contributed by atoms with Crippen LogP contribution in [-0.4, -0.2) is 51.9 Å². The summed E-state index contributed by atoms with van der Waals surface area (Å²) in [5.74, 6) is -1.66. The maximum absolute atomic E-state index is 11.0. The molecule has 26 heavy (non-hydrogen) atoms. The van der Waals surface area contributed by atoms with Crippen LogP contribution in [-0.2, 0) is 9.53 Å². The Morgan fingerprint density at radius 2 is 1.46 bits per heavy atom. The molecule has 4 N–H and O–H groups in total. The summed E-state index contributed by atoms with van der Waals surface area (Å²) < 4.78 is 5.13. The van der Waals surface area contributed by atoms with Gasteiger partial charge in [-0.3, -0.25) is 0 Å². The van der Waals surface area contributed by atoms with E-state index < -0.39 is 36.6 Å². The average molecular weight is 367 g/mol. The van der Waals surface area contributed by atoms with Crippen molar-refractivity contribution in [1.29, 1.82) is 0 Å². The number of rotatable bonds is 4. The number of hydrogen-bond acceptors (Lipinski definition) is 7. The minimum Gasteiger partial charge on any atom is -0.547 e. The molecule has 3 rings (SSSR count). The molecule has 2 aromatic rings. The molecule has 1 fully saturated rings. The molecule has 0 aromatic heterocycles. The third-order valence-corrected chi connectivity index (χ3v) is 4.15. The Morgan fingerprint density at radius 3 is 2.04 bits per heavy atom. The van der Waals surface area contributed by atoms with E-state index in [1.807, 2.05) is 42.5 Å². The number of carboxylic acids is 1. The van der Waals surface area contributed by atoms with Crippen LogP contribution in [0.1, 0.15) is 0 Å². The van der Waals surface area contributed by atoms with Crippen molar-refractivity contribution >= 4 is 11.7 Å². The summed E-state index contributed by atoms with van der Waals surface area (Å²) in [6.07, 6.45) is -7.88. The number of aliphatic hydroxyl groups excluding tert-OH is 3. The van der Waals surface area contributed by atoms with Gasteiger partial charge in [0.15, 0.2) is 6.23 Å². The van der Waals surface area contributed by atoms with Gasteiger partial charge in [0, 0.05) is 5.69 Å². The van der Waals surface area contributed by atoms with E-state index in [2.05, 4.69) is 5.32 Å². The Bertz CT molecular complexity index is 726. The SMILES string of the molecule is O=C([O-])[C@H]1O[C@@H](Nc2ccc(-c3ccccc3)cc2)[C@H](O)[C@@H](O)[C@@H]1O.[Na+]. The van der Waals surface area contributed by atoms with Crippen LogP contribution in [0.4, 0.5) is 5.69 Å². The maximum Gasteiger partial charge on any atom is 1.00 e. The number of benzene rings is 2. The van der Waals surface area contributed by atoms with Crippen molar-refractivity contribution in [3.8, 4) is 11.1 Å². The minimum absolute atomic E-state index is 0. The minimum atomic E-state index is -1.77. The third-order valence-electron chi connectivity index (χ3n) is 4.15. The number of carboxylic acid groups (broad SMARTS) is 1. The summed E-state index contributed by atoms with van der Waals surface area (Å²) >= 11 is 0. The van der Waals surface area contributed by atoms with Crippen molar-refractivity contribution in [2.24, 2.45) is 0 Å². The zero-order valence-corrected chi connectivity index (χ0v) is 16.1. The molecule has 2 aromatic carbocycles. The molecule has 0 radical (unpaired) electrons. The molecule has 8 heteroatoms. The van der Waals surface area contributed by atoms with E-state index in [0.29, 0.717) is 5.69 Å². The molecular formula is C18H18NNaO6. The van der Waals surface area contributed by atoms with E-state index in [1.165, 1.54) is 0 Å². The summed E-state index contributed by atoms with van der Waals surface area (Å²) in [4.78, 5) is 11.0. The van der Waals surface area contributed by atoms with E-state index in [9.17, 15) is 25.2 Å². The van der Waals surface area contributed by atoms with Crippen molar-refractivity contribution in [2.75, 3.05) is 5.32 Å². The fourth-order valence-electron chi connectivity index (χ4n) is 2.75. The molecule has 0 amide bonds. The number of anilines is 1. The van der Waals surface area contributed by atoms with Gasteiger partial charge >= 0.3 is 29.6 Å². The summed E-state index contributed by atoms with van der Waals surface area (Å²) in [6, 6.07) is 16.9. The van der Waals surface area contributed by atoms with Gasteiger partial charge in [0.25, 0.3) is 0 Å². The fraction of sp³-hybridized carbons (Fsp3) is 0.278. The second-order valence-electron chi connectivity index (χ2n) is 5.86. The third kappa shape index (κ3) is 4.44. The number of aliphatic carboxylic acids is 1. The monoisotopic (exact) mass is 367 g/mol. The van der Waals surface area contributed by atoms with Crippen molar-refractivity contribution in [1.82, 2.24) is 0 Å². The van der Waals surface area contributed by atoms with Crippen LogP contribution < -0.4 is 40.0 Å². The number of hydrogen-bond donors (Lipinski definition) is 4. The molecule has 0 spiro atoms. The summed E-state index contributed by atoms with van der Waals surface area (Å²) in [5.41, 5.74) is 2.59. The Balaban J connectivity index is 0.00000243. The maximum atomic E-state index is 11.0. The second-order valence-corrected chi connectivity index (χ2v) is 5.86. The molecule has 0 unspecified atom stereocenters. The molecule has 5 atom stereocenters. The molecule has 0 bridgehead atoms. The number of carbonyl (C=O) groups is 1. The first kappa shape index (κ1) is 20.9. The summed E-state index contributed by atoms with van der Waals surface area (Å²) in [7, 11) is 0. The van der Waals surface area contributed by atoms with Crippen LogP contribution in [0.2, 0.25) is 0 Å². The fourth-order valence-corrected chi connectivity index (χ4v) is 2.75. The van der Waals surface area contributed by atoms with E-state index in [4.69, 9.17) is 4.74 Å². The van der Waals surface area contributed by atoms with Crippen molar-refractivity contribution in [3.63, 3.8) is 0 Å². The normalized spacial score (nSPS) is 28.0. The van der Waals surface area contributed by atoms with Gasteiger partial charge in [-0.25, -0.2) is 0 Å². The van der Waals surface area contributed by atoms with E-state index in [0.717, 1.165) is 11.1 Å². The zero-order chi connectivity index (χ0) is 18.0. The van der Waals surface area contributed by atoms with Crippen molar-refractivity contribution < 1.29 is 59.5 Å². The standard InChI is InChI=1S/C18H19NO6.Na/c20-13-14(21)16(18(23)24)25-17(15(13)22)19-12-8-6-11(7-9-12)10-4-2-1-3-5-10;/h1-9,13-17,19-22H,(H,23,24);/q;+1/p-1/t13-,14-,15+,16-,17+;/m0./s1. The molecule has 1 aliphatic heterocycles. The van der Waals surface area contributed by atoms with Crippen molar-refractivity contribution in [2.45, 2.75) is 30.6 Å². The first-order chi connectivity index (χ1) is 12.0. The smallest absolute Gasteiger partial charge is 0.547 e. The predicted octanol–water partition coefficient (Wildman–Crippen LogP) is -3.67. The Labute approximate surface area is 172 Å². The molecule has 132 valence electrons. The zero-order valence-electron chi connectivity index (χ0n) is 14.1. The van der Waals surface area contributed by atoms with Crippen LogP contribution >= 0.6 is 0 Å². The largest absolute Gasteiger partial charge is 1.00 e. The molecule has 1 heterocycles. The first-order valence-corrected chi connectivity index (χ1v) is 7.80. The van der Waals surface area contributed by atoms with E-state index in [-0.39, 0.29) is 29.6 Å². The first-order valence-electron chi connectivity index (χ1n) is 7.80. The van der Waals surface area contributed by atoms with Crippen LogP contribution in [0.25, 0.3) is 11.1 Å². The number of ether oxygens (including phenoxy) is 1. The molecule has 0 aliphatic carbocycles. The van der Waals surface area contributed by atoms with Gasteiger partial charge in [0.2, 0.25) is 0 Å². The summed E-state index contributed by atoms with van der Waals surface area (Å²) in [5, 5.41) is 43.2. The van der Waals surface area contributed by atoms with Crippen molar-refractivity contribution in [3.05, 3.63) is 54.6 Å². The molecule has 1 saturated heterocycles. The number of aliphatic hydroxyl groups is 3. The van der Waals surface area contributed by atoms with Crippen LogP contribution in [0, 0.1) is 0 Å². The Kier molecular flexibility index (Phi) is 7.19.